The highest BCUT2D eigenvalue weighted by Crippen LogP contribution is 2.41. The molecule has 196 valence electrons. The summed E-state index contributed by atoms with van der Waals surface area (Å²) in [5, 5.41) is 61.1. The van der Waals surface area contributed by atoms with E-state index in [0.29, 0.717) is 0 Å². The lowest BCUT2D eigenvalue weighted by Crippen LogP contribution is -2.56. The maximum atomic E-state index is 12.8. The molecule has 0 bridgehead atoms. The number of aliphatic hydroxyl groups excluding tert-OH is 4. The Morgan fingerprint density at radius 1 is 0.794 bits per heavy atom. The molecule has 6 N–H and O–H groups in total. The number of ether oxygens (including phenoxy) is 6. The van der Waals surface area contributed by atoms with Gasteiger partial charge >= 0.3 is 6.16 Å². The van der Waals surface area contributed by atoms with Crippen molar-refractivity contribution in [3.8, 4) is 0 Å². The van der Waals surface area contributed by atoms with Crippen LogP contribution in [0.15, 0.2) is 0 Å². The van der Waals surface area contributed by atoms with Crippen LogP contribution in [-0.4, -0.2) is 136 Å². The lowest BCUT2D eigenvalue weighted by atomic mass is 9.87. The Balaban J connectivity index is 1.47. The number of carbonyl (C=O) groups excluding carboxylic acids is 1. The Morgan fingerprint density at radius 2 is 1.21 bits per heavy atom. The van der Waals surface area contributed by atoms with Crippen LogP contribution in [0, 0.1) is 0 Å². The van der Waals surface area contributed by atoms with E-state index in [1.54, 1.807) is 0 Å². The van der Waals surface area contributed by atoms with Gasteiger partial charge in [0.2, 0.25) is 0 Å². The quantitative estimate of drug-likeness (QED) is 0.171. The number of fused-ring (bicyclic) bond motifs is 2. The minimum absolute atomic E-state index is 0.0422. The van der Waals surface area contributed by atoms with Crippen LogP contribution in [0.2, 0.25) is 0 Å². The first-order valence-electron chi connectivity index (χ1n) is 11.6. The van der Waals surface area contributed by atoms with Gasteiger partial charge in [0.15, 0.2) is 11.2 Å². The van der Waals surface area contributed by atoms with Crippen LogP contribution in [0.25, 0.3) is 0 Å². The SMILES string of the molecule is O=C(OC(CCCO)[C@@]1(O)CO[C@@H]2[C@H](O)CO[C@@H]21)OC(CCCO)[C@@]1(O)CO[C@@H]2[C@H](O)CO[C@@H]21. The predicted molar refractivity (Wildman–Crippen MR) is 109 cm³/mol. The second-order valence-corrected chi connectivity index (χ2v) is 9.37. The fourth-order valence-electron chi connectivity index (χ4n) is 5.25. The van der Waals surface area contributed by atoms with E-state index in [4.69, 9.17) is 28.4 Å². The van der Waals surface area contributed by atoms with Gasteiger partial charge in [0.1, 0.15) is 48.8 Å². The molecule has 4 heterocycles. The summed E-state index contributed by atoms with van der Waals surface area (Å²) in [4.78, 5) is 12.8. The molecule has 2 unspecified atom stereocenters. The number of rotatable bonds is 10. The smallest absolute Gasteiger partial charge is 0.428 e. The molecule has 10 atom stereocenters. The van der Waals surface area contributed by atoms with Crippen molar-refractivity contribution in [2.24, 2.45) is 0 Å². The average molecular weight is 494 g/mol. The monoisotopic (exact) mass is 494 g/mol. The maximum Gasteiger partial charge on any atom is 0.509 e. The van der Waals surface area contributed by atoms with Crippen LogP contribution in [0.5, 0.6) is 0 Å². The second kappa shape index (κ2) is 10.5. The minimum Gasteiger partial charge on any atom is -0.428 e. The third-order valence-electron chi connectivity index (χ3n) is 7.09. The highest BCUT2D eigenvalue weighted by atomic mass is 16.7. The van der Waals surface area contributed by atoms with Crippen LogP contribution in [0.3, 0.4) is 0 Å². The van der Waals surface area contributed by atoms with Crippen molar-refractivity contribution in [1.82, 2.24) is 0 Å². The topological polar surface area (TPSA) is 194 Å². The second-order valence-electron chi connectivity index (χ2n) is 9.37. The molecule has 34 heavy (non-hydrogen) atoms. The third-order valence-corrected chi connectivity index (χ3v) is 7.09. The van der Waals surface area contributed by atoms with Gasteiger partial charge in [0.25, 0.3) is 0 Å². The Kier molecular flexibility index (Phi) is 7.99. The molecule has 0 saturated carbocycles. The summed E-state index contributed by atoms with van der Waals surface area (Å²) in [5.74, 6) is 0. The van der Waals surface area contributed by atoms with Gasteiger partial charge in [-0.3, -0.25) is 0 Å². The predicted octanol–water partition coefficient (Wildman–Crippen LogP) is -2.80. The number of aliphatic hydroxyl groups is 6. The van der Waals surface area contributed by atoms with Crippen molar-refractivity contribution in [2.75, 3.05) is 39.6 Å². The van der Waals surface area contributed by atoms with Crippen LogP contribution < -0.4 is 0 Å². The van der Waals surface area contributed by atoms with E-state index in [2.05, 4.69) is 0 Å². The molecule has 13 nitrogen and oxygen atoms in total. The van der Waals surface area contributed by atoms with E-state index in [1.807, 2.05) is 0 Å². The van der Waals surface area contributed by atoms with Crippen molar-refractivity contribution in [3.05, 3.63) is 0 Å². The first-order valence-corrected chi connectivity index (χ1v) is 11.6. The Hall–Kier alpha value is -1.13. The first-order chi connectivity index (χ1) is 16.2. The van der Waals surface area contributed by atoms with Gasteiger partial charge in [-0.25, -0.2) is 4.79 Å². The van der Waals surface area contributed by atoms with Crippen LogP contribution >= 0.6 is 0 Å². The zero-order valence-electron chi connectivity index (χ0n) is 18.7. The van der Waals surface area contributed by atoms with Gasteiger partial charge in [0.05, 0.1) is 26.4 Å². The van der Waals surface area contributed by atoms with E-state index < -0.39 is 66.2 Å². The fourth-order valence-corrected chi connectivity index (χ4v) is 5.25. The Morgan fingerprint density at radius 3 is 1.59 bits per heavy atom. The zero-order valence-corrected chi connectivity index (χ0v) is 18.7. The minimum atomic E-state index is -1.78. The summed E-state index contributed by atoms with van der Waals surface area (Å²) in [5.41, 5.74) is -3.57. The van der Waals surface area contributed by atoms with E-state index in [1.165, 1.54) is 0 Å². The van der Waals surface area contributed by atoms with Gasteiger partial charge in [0, 0.05) is 13.2 Å². The lowest BCUT2D eigenvalue weighted by Gasteiger charge is -2.37. The Labute approximate surface area is 196 Å². The highest BCUT2D eigenvalue weighted by molar-refractivity contribution is 5.61. The first kappa shape index (κ1) is 25.9. The summed E-state index contributed by atoms with van der Waals surface area (Å²) in [7, 11) is 0. The number of hydrogen-bond acceptors (Lipinski definition) is 13. The zero-order chi connectivity index (χ0) is 24.5. The van der Waals surface area contributed by atoms with Crippen LogP contribution in [0.4, 0.5) is 4.79 Å². The molecule has 13 heteroatoms. The van der Waals surface area contributed by atoms with Crippen molar-refractivity contribution >= 4 is 6.16 Å². The summed E-state index contributed by atoms with van der Waals surface area (Å²) in [6.45, 7) is -1.04. The Bertz CT molecular complexity index is 652. The molecule has 0 amide bonds. The van der Waals surface area contributed by atoms with Gasteiger partial charge < -0.3 is 59.1 Å². The summed E-state index contributed by atoms with van der Waals surface area (Å²) >= 11 is 0. The molecule has 4 rings (SSSR count). The summed E-state index contributed by atoms with van der Waals surface area (Å²) in [6.07, 6.45) is -8.38. The van der Waals surface area contributed by atoms with Crippen molar-refractivity contribution in [1.29, 1.82) is 0 Å². The molecular formula is C21H34O13. The van der Waals surface area contributed by atoms with E-state index in [0.717, 1.165) is 0 Å². The molecule has 0 aromatic carbocycles. The fraction of sp³-hybridized carbons (Fsp3) is 0.952. The molecule has 4 aliphatic heterocycles. The van der Waals surface area contributed by atoms with Gasteiger partial charge in [-0.15, -0.1) is 0 Å². The molecule has 4 aliphatic rings. The van der Waals surface area contributed by atoms with Gasteiger partial charge in [-0.05, 0) is 25.7 Å². The summed E-state index contributed by atoms with van der Waals surface area (Å²) in [6, 6.07) is 0. The highest BCUT2D eigenvalue weighted by Gasteiger charge is 2.62. The van der Waals surface area contributed by atoms with Crippen LogP contribution in [0.1, 0.15) is 25.7 Å². The van der Waals surface area contributed by atoms with Gasteiger partial charge in [-0.2, -0.15) is 0 Å². The molecular weight excluding hydrogens is 460 g/mol. The maximum absolute atomic E-state index is 12.8. The van der Waals surface area contributed by atoms with E-state index >= 15 is 0 Å². The molecule has 0 aliphatic carbocycles. The van der Waals surface area contributed by atoms with Gasteiger partial charge in [-0.1, -0.05) is 0 Å². The molecule has 0 radical (unpaired) electrons. The molecule has 4 fully saturated rings. The molecule has 0 spiro atoms. The summed E-state index contributed by atoms with van der Waals surface area (Å²) < 4.78 is 32.9. The van der Waals surface area contributed by atoms with Crippen molar-refractivity contribution in [3.63, 3.8) is 0 Å². The largest absolute Gasteiger partial charge is 0.509 e. The van der Waals surface area contributed by atoms with E-state index in [9.17, 15) is 35.4 Å². The van der Waals surface area contributed by atoms with E-state index in [-0.39, 0.29) is 65.3 Å². The molecule has 4 saturated heterocycles. The molecule has 0 aromatic rings. The standard InChI is InChI=1S/C21H34O13/c22-5-1-3-13(20(27)9-31-15-11(24)7-29-17(15)20)33-19(26)34-14(4-2-6-23)21(28)10-32-16-12(25)8-30-18(16)21/h11-18,22-25,27-28H,1-10H2/t11-,12-,13?,14?,15-,16-,17+,18+,20+,21+/m1/s1. The average Bonchev–Trinajstić information content (AvgIpc) is 3.55. The normalized spacial score (nSPS) is 42.9. The molecule has 0 aromatic heterocycles. The van der Waals surface area contributed by atoms with Crippen molar-refractivity contribution in [2.45, 2.75) is 85.7 Å². The van der Waals surface area contributed by atoms with Crippen molar-refractivity contribution < 1.29 is 63.9 Å². The number of carbonyl (C=O) groups is 1. The third kappa shape index (κ3) is 4.66. The van der Waals surface area contributed by atoms with Crippen LogP contribution in [-0.2, 0) is 28.4 Å². The number of hydrogen-bond donors (Lipinski definition) is 6. The lowest BCUT2D eigenvalue weighted by molar-refractivity contribution is -0.171.